The molecule has 0 aliphatic carbocycles. The van der Waals surface area contributed by atoms with Crippen molar-refractivity contribution in [2.24, 2.45) is 0 Å². The van der Waals surface area contributed by atoms with Crippen LogP contribution in [0.25, 0.3) is 0 Å². The Morgan fingerprint density at radius 1 is 0.267 bits per heavy atom. The minimum Gasteiger partial charge on any atom is -0.394 e. The lowest BCUT2D eigenvalue weighted by Crippen LogP contribution is -2.46. The third-order valence-electron chi connectivity index (χ3n) is 3.49. The van der Waals surface area contributed by atoms with Gasteiger partial charge in [-0.3, -0.25) is 0 Å². The Morgan fingerprint density at radius 3 is 0.600 bits per heavy atom. The Morgan fingerprint density at radius 2 is 0.433 bits per heavy atom. The first kappa shape index (κ1) is 34.0. The van der Waals surface area contributed by atoms with Crippen molar-refractivity contribution in [3.63, 3.8) is 0 Å². The lowest BCUT2D eigenvalue weighted by molar-refractivity contribution is -0.123. The predicted molar refractivity (Wildman–Crippen MR) is 96.6 cm³/mol. The number of hydrogen-bond acceptors (Lipinski definition) is 15. The second-order valence-electron chi connectivity index (χ2n) is 5.97. The first-order valence-electron chi connectivity index (χ1n) is 8.67. The summed E-state index contributed by atoms with van der Waals surface area (Å²) in [5.41, 5.74) is 0. The Labute approximate surface area is 172 Å². The summed E-state index contributed by atoms with van der Waals surface area (Å²) in [5, 5.41) is 128. The largest absolute Gasteiger partial charge is 0.394 e. The molecule has 186 valence electrons. The Hall–Kier alpha value is -0.600. The van der Waals surface area contributed by atoms with Gasteiger partial charge >= 0.3 is 0 Å². The molecule has 30 heavy (non-hydrogen) atoms. The summed E-state index contributed by atoms with van der Waals surface area (Å²) in [5.74, 6) is 0. The Kier molecular flexibility index (Phi) is 23.0. The molecule has 15 heteroatoms. The minimum atomic E-state index is -1.67. The molecule has 0 radical (unpaired) electrons. The zero-order chi connectivity index (χ0) is 24.4. The highest BCUT2D eigenvalue weighted by Gasteiger charge is 2.29. The van der Waals surface area contributed by atoms with Gasteiger partial charge in [0.25, 0.3) is 0 Å². The standard InChI is InChI=1S/C6H14O6.C5H12O5.C4H10O4/c7-1-3(9)5(11)6(12)4(10)2-8;6-1-3(8)5(10)4(9)2-7;5-1-3(7)4(8)2-6/h3-12H,1-2H2;3-10H,1-2H2;3-8H,1-2H2. The van der Waals surface area contributed by atoms with Crippen LogP contribution < -0.4 is 0 Å². The van der Waals surface area contributed by atoms with Crippen molar-refractivity contribution in [2.75, 3.05) is 39.6 Å². The van der Waals surface area contributed by atoms with Gasteiger partial charge in [-0.1, -0.05) is 0 Å². The van der Waals surface area contributed by atoms with Gasteiger partial charge in [0.15, 0.2) is 0 Å². The summed E-state index contributed by atoms with van der Waals surface area (Å²) < 4.78 is 0. The highest BCUT2D eigenvalue weighted by atomic mass is 16.4. The monoisotopic (exact) mass is 456 g/mol. The molecule has 15 N–H and O–H groups in total. The van der Waals surface area contributed by atoms with Gasteiger partial charge in [0.05, 0.1) is 39.6 Å². The van der Waals surface area contributed by atoms with Gasteiger partial charge in [0.2, 0.25) is 0 Å². The van der Waals surface area contributed by atoms with Crippen LogP contribution in [-0.2, 0) is 0 Å². The van der Waals surface area contributed by atoms with Crippen LogP contribution in [0.3, 0.4) is 0 Å². The molecule has 0 aliphatic heterocycles. The molecule has 0 rings (SSSR count). The highest BCUT2D eigenvalue weighted by Crippen LogP contribution is 2.04. The molecule has 0 aromatic heterocycles. The molecule has 8 unspecified atom stereocenters. The third kappa shape index (κ3) is 15.2. The van der Waals surface area contributed by atoms with Crippen LogP contribution in [-0.4, -0.2) is 171 Å². The average Bonchev–Trinajstić information content (AvgIpc) is 2.79. The molecule has 0 heterocycles. The maximum Gasteiger partial charge on any atom is 0.111 e. The summed E-state index contributed by atoms with van der Waals surface area (Å²) >= 11 is 0. The van der Waals surface area contributed by atoms with Crippen LogP contribution in [0.2, 0.25) is 0 Å². The number of aliphatic hydroxyl groups is 15. The minimum absolute atomic E-state index is 0.526. The fourth-order valence-electron chi connectivity index (χ4n) is 1.39. The zero-order valence-electron chi connectivity index (χ0n) is 16.1. The molecule has 0 spiro atoms. The van der Waals surface area contributed by atoms with E-state index in [4.69, 9.17) is 76.6 Å². The van der Waals surface area contributed by atoms with Crippen molar-refractivity contribution in [1.82, 2.24) is 0 Å². The van der Waals surface area contributed by atoms with E-state index in [1.807, 2.05) is 0 Å². The van der Waals surface area contributed by atoms with Crippen LogP contribution in [0.5, 0.6) is 0 Å². The fourth-order valence-corrected chi connectivity index (χ4v) is 1.39. The van der Waals surface area contributed by atoms with Gasteiger partial charge in [-0.2, -0.15) is 0 Å². The first-order valence-corrected chi connectivity index (χ1v) is 8.67. The molecule has 0 aromatic carbocycles. The molecule has 0 bridgehead atoms. The second-order valence-corrected chi connectivity index (χ2v) is 5.97. The van der Waals surface area contributed by atoms with Gasteiger partial charge in [-0.05, 0) is 0 Å². The molecule has 15 nitrogen and oxygen atoms in total. The van der Waals surface area contributed by atoms with E-state index in [1.165, 1.54) is 0 Å². The summed E-state index contributed by atoms with van der Waals surface area (Å²) in [6, 6.07) is 0. The van der Waals surface area contributed by atoms with Crippen molar-refractivity contribution in [1.29, 1.82) is 0 Å². The van der Waals surface area contributed by atoms with Crippen molar-refractivity contribution >= 4 is 0 Å². The number of hydrogen-bond donors (Lipinski definition) is 15. The topological polar surface area (TPSA) is 303 Å². The van der Waals surface area contributed by atoms with E-state index in [2.05, 4.69) is 0 Å². The van der Waals surface area contributed by atoms with Crippen molar-refractivity contribution in [3.05, 3.63) is 0 Å². The Bertz CT molecular complexity index is 331. The number of rotatable bonds is 12. The van der Waals surface area contributed by atoms with E-state index in [0.29, 0.717) is 0 Å². The maximum atomic E-state index is 8.96. The van der Waals surface area contributed by atoms with E-state index in [9.17, 15) is 0 Å². The van der Waals surface area contributed by atoms with Gasteiger partial charge < -0.3 is 76.6 Å². The van der Waals surface area contributed by atoms with Crippen molar-refractivity contribution in [2.45, 2.75) is 54.9 Å². The van der Waals surface area contributed by atoms with E-state index in [1.54, 1.807) is 0 Å². The molecule has 0 aromatic rings. The van der Waals surface area contributed by atoms with Crippen LogP contribution in [0, 0.1) is 0 Å². The summed E-state index contributed by atoms with van der Waals surface area (Å²) in [6.45, 7) is -3.79. The van der Waals surface area contributed by atoms with Crippen molar-refractivity contribution < 1.29 is 76.6 Å². The van der Waals surface area contributed by atoms with E-state index in [0.717, 1.165) is 0 Å². The van der Waals surface area contributed by atoms with Crippen LogP contribution in [0.4, 0.5) is 0 Å². The molecule has 0 aliphatic rings. The maximum absolute atomic E-state index is 8.96. The third-order valence-corrected chi connectivity index (χ3v) is 3.49. The summed E-state index contributed by atoms with van der Waals surface area (Å²) in [7, 11) is 0. The van der Waals surface area contributed by atoms with Crippen LogP contribution in [0.15, 0.2) is 0 Å². The lowest BCUT2D eigenvalue weighted by atomic mass is 10.0. The van der Waals surface area contributed by atoms with E-state index in [-0.39, 0.29) is 0 Å². The normalized spacial score (nSPS) is 20.1. The smallest absolute Gasteiger partial charge is 0.111 e. The van der Waals surface area contributed by atoms with E-state index < -0.39 is 94.6 Å². The number of aliphatic hydroxyl groups excluding tert-OH is 15. The molecule has 8 atom stereocenters. The van der Waals surface area contributed by atoms with Gasteiger partial charge in [-0.15, -0.1) is 0 Å². The highest BCUT2D eigenvalue weighted by molar-refractivity contribution is 4.79. The van der Waals surface area contributed by atoms with Gasteiger partial charge in [0, 0.05) is 0 Å². The molecule has 0 saturated heterocycles. The second kappa shape index (κ2) is 20.3. The summed E-state index contributed by atoms with van der Waals surface area (Å²) in [6.07, 6.45) is -13.1. The summed E-state index contributed by atoms with van der Waals surface area (Å²) in [4.78, 5) is 0. The fraction of sp³-hybridized carbons (Fsp3) is 1.00. The molecule has 0 saturated carbocycles. The van der Waals surface area contributed by atoms with Gasteiger partial charge in [-0.25, -0.2) is 0 Å². The average molecular weight is 456 g/mol. The lowest BCUT2D eigenvalue weighted by Gasteiger charge is -2.24. The predicted octanol–water partition coefficient (Wildman–Crippen LogP) is -8.84. The van der Waals surface area contributed by atoms with E-state index >= 15 is 0 Å². The van der Waals surface area contributed by atoms with Crippen LogP contribution in [0.1, 0.15) is 0 Å². The first-order chi connectivity index (χ1) is 13.9. The molecule has 0 fully saturated rings. The quantitative estimate of drug-likeness (QED) is 0.130. The Balaban J connectivity index is -0.000000372. The van der Waals surface area contributed by atoms with Gasteiger partial charge in [0.1, 0.15) is 54.9 Å². The van der Waals surface area contributed by atoms with Crippen molar-refractivity contribution in [3.8, 4) is 0 Å². The molecule has 0 amide bonds. The molecular formula is C15H36O15. The SMILES string of the molecule is OCC(O)C(O)C(O)C(O)CO.OCC(O)C(O)C(O)CO.OCC(O)C(O)CO. The zero-order valence-corrected chi connectivity index (χ0v) is 16.1. The molecular weight excluding hydrogens is 420 g/mol. The van der Waals surface area contributed by atoms with Crippen LogP contribution >= 0.6 is 0 Å².